The van der Waals surface area contributed by atoms with Gasteiger partial charge in [-0.05, 0) is 35.3 Å². The van der Waals surface area contributed by atoms with E-state index in [0.717, 1.165) is 45.0 Å². The van der Waals surface area contributed by atoms with E-state index in [4.69, 9.17) is 0 Å². The van der Waals surface area contributed by atoms with E-state index in [1.54, 1.807) is 0 Å². The van der Waals surface area contributed by atoms with Crippen molar-refractivity contribution in [2.45, 2.75) is 38.3 Å². The molecule has 7 nitrogen and oxygen atoms in total. The quantitative estimate of drug-likeness (QED) is 0.793. The van der Waals surface area contributed by atoms with Crippen LogP contribution in [0.25, 0.3) is 0 Å². The molecular weight excluding hydrogens is 316 g/mol. The lowest BCUT2D eigenvalue weighted by atomic mass is 10.1. The number of hydrogen-bond acceptors (Lipinski definition) is 5. The van der Waals surface area contributed by atoms with Crippen LogP contribution in [0.15, 0.2) is 30.3 Å². The van der Waals surface area contributed by atoms with Crippen molar-refractivity contribution in [1.82, 2.24) is 30.0 Å². The third-order valence-electron chi connectivity index (χ3n) is 5.01. The van der Waals surface area contributed by atoms with E-state index < -0.39 is 0 Å². The van der Waals surface area contributed by atoms with Gasteiger partial charge in [-0.2, -0.15) is 0 Å². The van der Waals surface area contributed by atoms with Gasteiger partial charge in [-0.3, -0.25) is 9.69 Å². The Morgan fingerprint density at radius 1 is 1.08 bits per heavy atom. The van der Waals surface area contributed by atoms with Gasteiger partial charge < -0.3 is 4.90 Å². The smallest absolute Gasteiger partial charge is 0.222 e. The topological polar surface area (TPSA) is 67.2 Å². The number of aryl methyl sites for hydroxylation is 1. The van der Waals surface area contributed by atoms with E-state index in [-0.39, 0.29) is 5.91 Å². The number of nitrogens with zero attached hydrogens (tertiary/aromatic N) is 6. The highest BCUT2D eigenvalue weighted by atomic mass is 16.2. The Morgan fingerprint density at radius 3 is 2.56 bits per heavy atom. The van der Waals surface area contributed by atoms with Crippen LogP contribution < -0.4 is 0 Å². The molecule has 0 spiro atoms. The summed E-state index contributed by atoms with van der Waals surface area (Å²) in [5.74, 6) is 1.21. The molecule has 7 heteroatoms. The minimum atomic E-state index is 0.256. The molecule has 0 atom stereocenters. The SMILES string of the molecule is O=C(CCc1ccccc1)N1CCN(Cc2nnnn2C2CC2)CC1. The fraction of sp³-hybridized carbons (Fsp3) is 0.556. The Hall–Kier alpha value is -2.28. The molecule has 0 radical (unpaired) electrons. The highest BCUT2D eigenvalue weighted by molar-refractivity contribution is 5.76. The zero-order chi connectivity index (χ0) is 17.1. The summed E-state index contributed by atoms with van der Waals surface area (Å²) in [5.41, 5.74) is 1.22. The highest BCUT2D eigenvalue weighted by Gasteiger charge is 2.29. The maximum Gasteiger partial charge on any atom is 0.222 e. The molecular formula is C18H24N6O. The Bertz CT molecular complexity index is 703. The standard InChI is InChI=1S/C18H24N6O/c25-18(9-6-15-4-2-1-3-5-15)23-12-10-22(11-13-23)14-17-19-20-21-24(17)16-7-8-16/h1-5,16H,6-14H2. The molecule has 25 heavy (non-hydrogen) atoms. The van der Waals surface area contributed by atoms with E-state index in [1.807, 2.05) is 27.8 Å². The number of hydrogen-bond donors (Lipinski definition) is 0. The molecule has 132 valence electrons. The summed E-state index contributed by atoms with van der Waals surface area (Å²) < 4.78 is 1.97. The number of rotatable bonds is 6. The van der Waals surface area contributed by atoms with Crippen molar-refractivity contribution in [3.63, 3.8) is 0 Å². The minimum Gasteiger partial charge on any atom is -0.340 e. The summed E-state index contributed by atoms with van der Waals surface area (Å²) in [6.45, 7) is 4.12. The monoisotopic (exact) mass is 340 g/mol. The maximum absolute atomic E-state index is 12.4. The van der Waals surface area contributed by atoms with Gasteiger partial charge in [-0.25, -0.2) is 4.68 Å². The van der Waals surface area contributed by atoms with Crippen LogP contribution in [-0.4, -0.2) is 62.1 Å². The molecule has 1 saturated carbocycles. The van der Waals surface area contributed by atoms with E-state index in [9.17, 15) is 4.79 Å². The Balaban J connectivity index is 1.23. The number of amides is 1. The van der Waals surface area contributed by atoms with Crippen LogP contribution in [0.2, 0.25) is 0 Å². The minimum absolute atomic E-state index is 0.256. The molecule has 0 unspecified atom stereocenters. The molecule has 1 aromatic heterocycles. The summed E-state index contributed by atoms with van der Waals surface area (Å²) in [4.78, 5) is 16.7. The molecule has 2 aliphatic rings. The van der Waals surface area contributed by atoms with Gasteiger partial charge in [-0.15, -0.1) is 5.10 Å². The van der Waals surface area contributed by atoms with Crippen LogP contribution in [0, 0.1) is 0 Å². The van der Waals surface area contributed by atoms with Crippen LogP contribution in [-0.2, 0) is 17.8 Å². The van der Waals surface area contributed by atoms with Gasteiger partial charge in [0, 0.05) is 32.6 Å². The van der Waals surface area contributed by atoms with Crippen LogP contribution in [0.4, 0.5) is 0 Å². The number of tetrazole rings is 1. The highest BCUT2D eigenvalue weighted by Crippen LogP contribution is 2.34. The summed E-state index contributed by atoms with van der Waals surface area (Å²) in [6.07, 6.45) is 3.77. The molecule has 4 rings (SSSR count). The number of carbonyl (C=O) groups is 1. The molecule has 2 aromatic rings. The fourth-order valence-corrected chi connectivity index (χ4v) is 3.33. The lowest BCUT2D eigenvalue weighted by Gasteiger charge is -2.34. The van der Waals surface area contributed by atoms with Gasteiger partial charge in [0.1, 0.15) is 0 Å². The van der Waals surface area contributed by atoms with E-state index in [1.165, 1.54) is 18.4 Å². The Labute approximate surface area is 147 Å². The van der Waals surface area contributed by atoms with E-state index >= 15 is 0 Å². The third-order valence-corrected chi connectivity index (χ3v) is 5.01. The van der Waals surface area contributed by atoms with Crippen molar-refractivity contribution in [3.8, 4) is 0 Å². The predicted octanol–water partition coefficient (Wildman–Crippen LogP) is 1.28. The summed E-state index contributed by atoms with van der Waals surface area (Å²) in [7, 11) is 0. The zero-order valence-electron chi connectivity index (χ0n) is 14.4. The lowest BCUT2D eigenvalue weighted by molar-refractivity contribution is -0.133. The van der Waals surface area contributed by atoms with Gasteiger partial charge in [0.2, 0.25) is 5.91 Å². The Kier molecular flexibility index (Phi) is 4.74. The van der Waals surface area contributed by atoms with Crippen LogP contribution >= 0.6 is 0 Å². The fourth-order valence-electron chi connectivity index (χ4n) is 3.33. The lowest BCUT2D eigenvalue weighted by Crippen LogP contribution is -2.48. The van der Waals surface area contributed by atoms with Gasteiger partial charge in [0.15, 0.2) is 5.82 Å². The zero-order valence-corrected chi connectivity index (χ0v) is 14.4. The van der Waals surface area contributed by atoms with Gasteiger partial charge >= 0.3 is 0 Å². The molecule has 1 aliphatic heterocycles. The van der Waals surface area contributed by atoms with Crippen molar-refractivity contribution in [3.05, 3.63) is 41.7 Å². The largest absolute Gasteiger partial charge is 0.340 e. The second-order valence-corrected chi connectivity index (χ2v) is 6.91. The van der Waals surface area contributed by atoms with Gasteiger partial charge in [0.05, 0.1) is 12.6 Å². The number of piperazine rings is 1. The molecule has 2 fully saturated rings. The normalized spacial score (nSPS) is 18.5. The van der Waals surface area contributed by atoms with Crippen LogP contribution in [0.5, 0.6) is 0 Å². The third kappa shape index (κ3) is 4.04. The summed E-state index contributed by atoms with van der Waals surface area (Å²) in [5, 5.41) is 12.1. The van der Waals surface area contributed by atoms with Crippen LogP contribution in [0.3, 0.4) is 0 Å². The first-order valence-corrected chi connectivity index (χ1v) is 9.10. The molecule has 2 heterocycles. The molecule has 1 aliphatic carbocycles. The maximum atomic E-state index is 12.4. The first-order chi connectivity index (χ1) is 12.3. The first-order valence-electron chi connectivity index (χ1n) is 9.10. The molecule has 0 N–H and O–H groups in total. The van der Waals surface area contributed by atoms with E-state index in [0.29, 0.717) is 12.5 Å². The van der Waals surface area contributed by atoms with Crippen molar-refractivity contribution in [1.29, 1.82) is 0 Å². The van der Waals surface area contributed by atoms with Crippen molar-refractivity contribution >= 4 is 5.91 Å². The van der Waals surface area contributed by atoms with Crippen molar-refractivity contribution < 1.29 is 4.79 Å². The van der Waals surface area contributed by atoms with Crippen molar-refractivity contribution in [2.75, 3.05) is 26.2 Å². The first kappa shape index (κ1) is 16.2. The average Bonchev–Trinajstić information content (AvgIpc) is 3.40. The number of benzene rings is 1. The second-order valence-electron chi connectivity index (χ2n) is 6.91. The summed E-state index contributed by atoms with van der Waals surface area (Å²) >= 11 is 0. The molecule has 1 aromatic carbocycles. The Morgan fingerprint density at radius 2 is 1.84 bits per heavy atom. The number of aromatic nitrogens is 4. The summed E-state index contributed by atoms with van der Waals surface area (Å²) in [6, 6.07) is 10.7. The molecule has 1 amide bonds. The number of carbonyl (C=O) groups excluding carboxylic acids is 1. The molecule has 1 saturated heterocycles. The van der Waals surface area contributed by atoms with Crippen LogP contribution in [0.1, 0.15) is 36.7 Å². The van der Waals surface area contributed by atoms with E-state index in [2.05, 4.69) is 32.6 Å². The van der Waals surface area contributed by atoms with Gasteiger partial charge in [0.25, 0.3) is 0 Å². The predicted molar refractivity (Wildman–Crippen MR) is 92.7 cm³/mol. The van der Waals surface area contributed by atoms with Gasteiger partial charge in [-0.1, -0.05) is 30.3 Å². The molecule has 0 bridgehead atoms. The average molecular weight is 340 g/mol. The van der Waals surface area contributed by atoms with Crippen molar-refractivity contribution in [2.24, 2.45) is 0 Å². The second kappa shape index (κ2) is 7.31.